The molecule has 0 aliphatic carbocycles. The molecular weight excluding hydrogens is 268 g/mol. The van der Waals surface area contributed by atoms with Crippen molar-refractivity contribution in [3.05, 3.63) is 28.2 Å². The number of methoxy groups -OCH3 is 1. The minimum absolute atomic E-state index is 0.188. The van der Waals surface area contributed by atoms with Gasteiger partial charge in [-0.15, -0.1) is 0 Å². The summed E-state index contributed by atoms with van der Waals surface area (Å²) < 4.78 is 32.1. The minimum atomic E-state index is -3.30. The van der Waals surface area contributed by atoms with Gasteiger partial charge in [-0.1, -0.05) is 0 Å². The number of rotatable bonds is 6. The second-order valence-corrected chi connectivity index (χ2v) is 6.84. The first-order valence-corrected chi connectivity index (χ1v) is 7.56. The maximum atomic E-state index is 11.8. The maximum absolute atomic E-state index is 11.8. The summed E-state index contributed by atoms with van der Waals surface area (Å²) in [5.41, 5.74) is 0.522. The van der Waals surface area contributed by atoms with Gasteiger partial charge in [-0.2, -0.15) is 0 Å². The Morgan fingerprint density at radius 3 is 2.47 bits per heavy atom. The zero-order valence-corrected chi connectivity index (χ0v) is 12.5. The molecule has 0 fully saturated rings. The first kappa shape index (κ1) is 15.7. The molecule has 1 N–H and O–H groups in total. The first-order valence-electron chi connectivity index (χ1n) is 6.02. The SMILES string of the molecule is COc1cc(C)n(CCNS(=O)(=O)C(C)C)c(=O)c1. The van der Waals surface area contributed by atoms with Crippen LogP contribution in [0.15, 0.2) is 16.9 Å². The van der Waals surface area contributed by atoms with Crippen molar-refractivity contribution in [2.24, 2.45) is 0 Å². The van der Waals surface area contributed by atoms with E-state index in [2.05, 4.69) is 4.72 Å². The van der Waals surface area contributed by atoms with Gasteiger partial charge < -0.3 is 9.30 Å². The van der Waals surface area contributed by atoms with E-state index in [0.717, 1.165) is 5.69 Å². The molecule has 1 aromatic heterocycles. The minimum Gasteiger partial charge on any atom is -0.496 e. The quantitative estimate of drug-likeness (QED) is 0.826. The lowest BCUT2D eigenvalue weighted by molar-refractivity contribution is 0.411. The number of nitrogens with zero attached hydrogens (tertiary/aromatic N) is 1. The highest BCUT2D eigenvalue weighted by atomic mass is 32.2. The summed E-state index contributed by atoms with van der Waals surface area (Å²) in [7, 11) is -1.80. The molecule has 0 unspecified atom stereocenters. The monoisotopic (exact) mass is 288 g/mol. The molecular formula is C12H20N2O4S. The van der Waals surface area contributed by atoms with E-state index in [4.69, 9.17) is 4.74 Å². The molecule has 0 aliphatic heterocycles. The fourth-order valence-electron chi connectivity index (χ4n) is 1.57. The van der Waals surface area contributed by atoms with Crippen molar-refractivity contribution in [2.45, 2.75) is 32.6 Å². The third-order valence-electron chi connectivity index (χ3n) is 2.80. The normalized spacial score (nSPS) is 11.8. The zero-order chi connectivity index (χ0) is 14.6. The van der Waals surface area contributed by atoms with E-state index in [1.807, 2.05) is 0 Å². The van der Waals surface area contributed by atoms with Crippen molar-refractivity contribution in [3.8, 4) is 5.75 Å². The molecule has 0 saturated carbocycles. The Kier molecular flexibility index (Phi) is 5.13. The summed E-state index contributed by atoms with van der Waals surface area (Å²) >= 11 is 0. The van der Waals surface area contributed by atoms with Crippen LogP contribution in [-0.4, -0.2) is 31.9 Å². The highest BCUT2D eigenvalue weighted by molar-refractivity contribution is 7.90. The van der Waals surface area contributed by atoms with Gasteiger partial charge in [0.1, 0.15) is 5.75 Å². The van der Waals surface area contributed by atoms with E-state index < -0.39 is 15.3 Å². The molecule has 1 aromatic rings. The highest BCUT2D eigenvalue weighted by Crippen LogP contribution is 2.08. The van der Waals surface area contributed by atoms with Crippen LogP contribution in [0.4, 0.5) is 0 Å². The molecule has 0 radical (unpaired) electrons. The van der Waals surface area contributed by atoms with Crippen molar-refractivity contribution < 1.29 is 13.2 Å². The lowest BCUT2D eigenvalue weighted by Crippen LogP contribution is -2.35. The predicted octanol–water partition coefficient (Wildman–Crippen LogP) is 0.493. The largest absolute Gasteiger partial charge is 0.496 e. The number of ether oxygens (including phenoxy) is 1. The van der Waals surface area contributed by atoms with Crippen LogP contribution in [0.3, 0.4) is 0 Å². The van der Waals surface area contributed by atoms with Gasteiger partial charge in [-0.3, -0.25) is 4.79 Å². The number of aryl methyl sites for hydroxylation is 1. The number of sulfonamides is 1. The second-order valence-electron chi connectivity index (χ2n) is 4.51. The molecule has 0 bridgehead atoms. The molecule has 0 aromatic carbocycles. The van der Waals surface area contributed by atoms with Crippen LogP contribution in [0.5, 0.6) is 5.75 Å². The van der Waals surface area contributed by atoms with E-state index in [9.17, 15) is 13.2 Å². The van der Waals surface area contributed by atoms with Gasteiger partial charge in [0.25, 0.3) is 5.56 Å². The molecule has 0 atom stereocenters. The first-order chi connectivity index (χ1) is 8.77. The number of hydrogen-bond acceptors (Lipinski definition) is 4. The molecule has 1 heterocycles. The molecule has 0 aliphatic rings. The van der Waals surface area contributed by atoms with Gasteiger partial charge >= 0.3 is 0 Å². The van der Waals surface area contributed by atoms with E-state index in [0.29, 0.717) is 12.3 Å². The topological polar surface area (TPSA) is 77.4 Å². The van der Waals surface area contributed by atoms with E-state index in [-0.39, 0.29) is 12.1 Å². The van der Waals surface area contributed by atoms with Crippen LogP contribution in [0.1, 0.15) is 19.5 Å². The fourth-order valence-corrected chi connectivity index (χ4v) is 2.28. The van der Waals surface area contributed by atoms with Gasteiger partial charge in [0.05, 0.1) is 12.4 Å². The standard InChI is InChI=1S/C12H20N2O4S/c1-9(2)19(16,17)13-5-6-14-10(3)7-11(18-4)8-12(14)15/h7-9,13H,5-6H2,1-4H3. The van der Waals surface area contributed by atoms with Gasteiger partial charge in [0.15, 0.2) is 0 Å². The summed E-state index contributed by atoms with van der Waals surface area (Å²) in [5.74, 6) is 0.501. The maximum Gasteiger partial charge on any atom is 0.254 e. The van der Waals surface area contributed by atoms with E-state index in [1.165, 1.54) is 17.7 Å². The molecule has 108 valence electrons. The summed E-state index contributed by atoms with van der Waals surface area (Å²) in [6, 6.07) is 3.11. The second kappa shape index (κ2) is 6.21. The summed E-state index contributed by atoms with van der Waals surface area (Å²) in [5, 5.41) is -0.485. The molecule has 7 heteroatoms. The van der Waals surface area contributed by atoms with Crippen molar-refractivity contribution >= 4 is 10.0 Å². The number of nitrogens with one attached hydrogen (secondary N) is 1. The third kappa shape index (κ3) is 4.07. The molecule has 0 saturated heterocycles. The Hall–Kier alpha value is -1.34. The Bertz CT molecular complexity index is 590. The third-order valence-corrected chi connectivity index (χ3v) is 4.65. The molecule has 0 spiro atoms. The average Bonchev–Trinajstić information content (AvgIpc) is 2.32. The Balaban J connectivity index is 2.77. The molecule has 1 rings (SSSR count). The summed E-state index contributed by atoms with van der Waals surface area (Å²) in [4.78, 5) is 11.8. The van der Waals surface area contributed by atoms with Crippen LogP contribution in [-0.2, 0) is 16.6 Å². The Morgan fingerprint density at radius 1 is 1.37 bits per heavy atom. The van der Waals surface area contributed by atoms with E-state index >= 15 is 0 Å². The number of aromatic nitrogens is 1. The Morgan fingerprint density at radius 2 is 2.00 bits per heavy atom. The van der Waals surface area contributed by atoms with Gasteiger partial charge in [-0.05, 0) is 26.8 Å². The highest BCUT2D eigenvalue weighted by Gasteiger charge is 2.14. The van der Waals surface area contributed by atoms with Crippen molar-refractivity contribution in [1.29, 1.82) is 0 Å². The summed E-state index contributed by atoms with van der Waals surface area (Å²) in [6.07, 6.45) is 0. The van der Waals surface area contributed by atoms with Crippen LogP contribution >= 0.6 is 0 Å². The van der Waals surface area contributed by atoms with Crippen LogP contribution in [0, 0.1) is 6.92 Å². The molecule has 6 nitrogen and oxygen atoms in total. The van der Waals surface area contributed by atoms with E-state index in [1.54, 1.807) is 26.8 Å². The number of pyridine rings is 1. The Labute approximate surface area is 113 Å². The lowest BCUT2D eigenvalue weighted by Gasteiger charge is -2.13. The van der Waals surface area contributed by atoms with Crippen molar-refractivity contribution in [1.82, 2.24) is 9.29 Å². The molecule has 19 heavy (non-hydrogen) atoms. The fraction of sp³-hybridized carbons (Fsp3) is 0.583. The number of hydrogen-bond donors (Lipinski definition) is 1. The van der Waals surface area contributed by atoms with Gasteiger partial charge in [0, 0.05) is 24.8 Å². The van der Waals surface area contributed by atoms with Crippen LogP contribution in [0.2, 0.25) is 0 Å². The van der Waals surface area contributed by atoms with Gasteiger partial charge in [0.2, 0.25) is 10.0 Å². The molecule has 0 amide bonds. The van der Waals surface area contributed by atoms with Crippen molar-refractivity contribution in [3.63, 3.8) is 0 Å². The smallest absolute Gasteiger partial charge is 0.254 e. The predicted molar refractivity (Wildman–Crippen MR) is 74.0 cm³/mol. The van der Waals surface area contributed by atoms with Crippen molar-refractivity contribution in [2.75, 3.05) is 13.7 Å². The van der Waals surface area contributed by atoms with Gasteiger partial charge in [-0.25, -0.2) is 13.1 Å². The average molecular weight is 288 g/mol. The zero-order valence-electron chi connectivity index (χ0n) is 11.6. The van der Waals surface area contributed by atoms with Crippen LogP contribution in [0.25, 0.3) is 0 Å². The van der Waals surface area contributed by atoms with Crippen LogP contribution < -0.4 is 15.0 Å². The lowest BCUT2D eigenvalue weighted by atomic mass is 10.3. The summed E-state index contributed by atoms with van der Waals surface area (Å²) in [6.45, 7) is 5.47.